The summed E-state index contributed by atoms with van der Waals surface area (Å²) in [5, 5.41) is 34.3. The van der Waals surface area contributed by atoms with Gasteiger partial charge in [-0.05, 0) is 91.9 Å². The van der Waals surface area contributed by atoms with Gasteiger partial charge < -0.3 is 39.7 Å². The molecule has 2 amide bonds. The van der Waals surface area contributed by atoms with Crippen molar-refractivity contribution in [2.45, 2.75) is 75.7 Å². The summed E-state index contributed by atoms with van der Waals surface area (Å²) in [5.41, 5.74) is 1.66. The number of aliphatic hydroxyl groups is 3. The number of rotatable bonds is 9. The highest BCUT2D eigenvalue weighted by atomic mass is 16.5. The highest BCUT2D eigenvalue weighted by Gasteiger charge is 2.56. The van der Waals surface area contributed by atoms with Crippen molar-refractivity contribution < 1.29 is 39.1 Å². The largest absolute Gasteiger partial charge is 0.493 e. The molecule has 2 heterocycles. The van der Waals surface area contributed by atoms with E-state index in [1.54, 1.807) is 18.2 Å². The van der Waals surface area contributed by atoms with Gasteiger partial charge in [-0.3, -0.25) is 9.59 Å². The maximum atomic E-state index is 14.3. The Morgan fingerprint density at radius 1 is 1.12 bits per heavy atom. The molecule has 0 radical (unpaired) electrons. The molecule has 4 bridgehead atoms. The molecule has 0 aromatic heterocycles. The monoisotopic (exact) mass is 596 g/mol. The molecular weight excluding hydrogens is 552 g/mol. The molecule has 234 valence electrons. The van der Waals surface area contributed by atoms with Crippen molar-refractivity contribution in [3.63, 3.8) is 0 Å². The van der Waals surface area contributed by atoms with Crippen LogP contribution in [0.2, 0.25) is 0 Å². The predicted molar refractivity (Wildman–Crippen MR) is 155 cm³/mol. The number of aliphatic hydroxyl groups excluding tert-OH is 3. The van der Waals surface area contributed by atoms with E-state index >= 15 is 0 Å². The minimum atomic E-state index is -1.10. The van der Waals surface area contributed by atoms with E-state index in [0.717, 1.165) is 19.3 Å². The number of carbonyl (C=O) groups is 2. The zero-order chi connectivity index (χ0) is 29.9. The van der Waals surface area contributed by atoms with E-state index in [2.05, 4.69) is 5.32 Å². The average molecular weight is 597 g/mol. The number of methoxy groups -OCH3 is 1. The van der Waals surface area contributed by atoms with Gasteiger partial charge >= 0.3 is 0 Å². The molecular formula is C33H44N2O8. The van der Waals surface area contributed by atoms with E-state index in [9.17, 15) is 24.9 Å². The summed E-state index contributed by atoms with van der Waals surface area (Å²) in [7, 11) is 1.52. The molecule has 1 unspecified atom stereocenters. The van der Waals surface area contributed by atoms with Gasteiger partial charge in [-0.2, -0.15) is 0 Å². The van der Waals surface area contributed by atoms with E-state index in [1.807, 2.05) is 4.90 Å². The van der Waals surface area contributed by atoms with E-state index < -0.39 is 24.2 Å². The minimum Gasteiger partial charge on any atom is -0.493 e. The van der Waals surface area contributed by atoms with Crippen molar-refractivity contribution in [1.82, 2.24) is 10.2 Å². The summed E-state index contributed by atoms with van der Waals surface area (Å²) in [6.45, 7) is 1.09. The summed E-state index contributed by atoms with van der Waals surface area (Å²) in [6, 6.07) is 2.71. The maximum Gasteiger partial charge on any atom is 0.247 e. The second kappa shape index (κ2) is 11.4. The fourth-order valence-electron chi connectivity index (χ4n) is 9.76. The molecule has 43 heavy (non-hydrogen) atoms. The molecule has 4 N–H and O–H groups in total. The molecule has 1 aromatic rings. The van der Waals surface area contributed by atoms with Crippen LogP contribution in [0.1, 0.15) is 62.0 Å². The zero-order valence-electron chi connectivity index (χ0n) is 24.9. The number of amides is 2. The number of hydrogen-bond donors (Lipinski definition) is 4. The number of carbonyl (C=O) groups excluding carboxylic acids is 2. The molecule has 10 nitrogen and oxygen atoms in total. The first kappa shape index (κ1) is 29.1. The number of hydrogen-bond acceptors (Lipinski definition) is 8. The van der Waals surface area contributed by atoms with Crippen molar-refractivity contribution in [2.24, 2.45) is 29.1 Å². The molecule has 1 saturated heterocycles. The SMILES string of the molecule is COc1cc(CO)cc2c1O[C@@H]1[C@@H](O)[C@H](N(CC34CC5CC(CC(C5)C3)C4)C(=O)C3CCOC3)C=C(C(=O)NCCO)[C@H]21. The Kier molecular flexibility index (Phi) is 7.68. The lowest BCUT2D eigenvalue weighted by molar-refractivity contribution is -0.149. The molecule has 5 fully saturated rings. The summed E-state index contributed by atoms with van der Waals surface area (Å²) >= 11 is 0. The van der Waals surface area contributed by atoms with Gasteiger partial charge in [-0.25, -0.2) is 0 Å². The first-order valence-electron chi connectivity index (χ1n) is 16.0. The quantitative estimate of drug-likeness (QED) is 0.339. The number of nitrogens with zero attached hydrogens (tertiary/aromatic N) is 1. The lowest BCUT2D eigenvalue weighted by Gasteiger charge is -2.58. The predicted octanol–water partition coefficient (Wildman–Crippen LogP) is 1.89. The third-order valence-corrected chi connectivity index (χ3v) is 11.1. The van der Waals surface area contributed by atoms with E-state index in [0.29, 0.717) is 72.1 Å². The molecule has 5 aliphatic carbocycles. The molecule has 5 atom stereocenters. The van der Waals surface area contributed by atoms with E-state index in [4.69, 9.17) is 14.2 Å². The first-order chi connectivity index (χ1) is 20.8. The van der Waals surface area contributed by atoms with Crippen LogP contribution in [0.4, 0.5) is 0 Å². The van der Waals surface area contributed by atoms with Crippen LogP contribution in [0, 0.1) is 29.1 Å². The van der Waals surface area contributed by atoms with Crippen LogP contribution >= 0.6 is 0 Å². The van der Waals surface area contributed by atoms with Gasteiger partial charge in [-0.15, -0.1) is 0 Å². The van der Waals surface area contributed by atoms with Crippen LogP contribution in [-0.4, -0.2) is 90.3 Å². The fourth-order valence-corrected chi connectivity index (χ4v) is 9.76. The Hall–Kier alpha value is -2.66. The Labute approximate surface area is 252 Å². The molecule has 0 spiro atoms. The Bertz CT molecular complexity index is 1250. The van der Waals surface area contributed by atoms with Crippen LogP contribution in [0.5, 0.6) is 11.5 Å². The van der Waals surface area contributed by atoms with Crippen molar-refractivity contribution in [1.29, 1.82) is 0 Å². The van der Waals surface area contributed by atoms with Crippen LogP contribution in [0.25, 0.3) is 0 Å². The third kappa shape index (κ3) is 5.04. The van der Waals surface area contributed by atoms with Crippen LogP contribution < -0.4 is 14.8 Å². The number of benzene rings is 1. The lowest BCUT2D eigenvalue weighted by atomic mass is 9.49. The fraction of sp³-hybridized carbons (Fsp3) is 0.697. The van der Waals surface area contributed by atoms with Gasteiger partial charge in [0, 0.05) is 30.8 Å². The maximum absolute atomic E-state index is 14.3. The average Bonchev–Trinajstić information content (AvgIpc) is 3.67. The highest BCUT2D eigenvalue weighted by Crippen LogP contribution is 2.61. The van der Waals surface area contributed by atoms with Gasteiger partial charge in [0.25, 0.3) is 0 Å². The zero-order valence-corrected chi connectivity index (χ0v) is 24.9. The highest BCUT2D eigenvalue weighted by molar-refractivity contribution is 5.96. The summed E-state index contributed by atoms with van der Waals surface area (Å²) in [6.07, 6.45) is 7.66. The lowest BCUT2D eigenvalue weighted by Crippen LogP contribution is -2.60. The summed E-state index contributed by atoms with van der Waals surface area (Å²) in [5.74, 6) is 1.63. The minimum absolute atomic E-state index is 0.0202. The molecule has 8 rings (SSSR count). The van der Waals surface area contributed by atoms with Gasteiger partial charge in [0.1, 0.15) is 12.2 Å². The van der Waals surface area contributed by atoms with Gasteiger partial charge in [0.15, 0.2) is 11.5 Å². The number of ether oxygens (including phenoxy) is 3. The topological polar surface area (TPSA) is 138 Å². The summed E-state index contributed by atoms with van der Waals surface area (Å²) < 4.78 is 17.6. The van der Waals surface area contributed by atoms with E-state index in [-0.39, 0.29) is 42.9 Å². The van der Waals surface area contributed by atoms with Crippen molar-refractivity contribution >= 4 is 11.8 Å². The third-order valence-electron chi connectivity index (χ3n) is 11.1. The van der Waals surface area contributed by atoms with Gasteiger partial charge in [-0.1, -0.05) is 0 Å². The Morgan fingerprint density at radius 2 is 1.84 bits per heavy atom. The molecule has 4 saturated carbocycles. The number of nitrogens with one attached hydrogen (secondary N) is 1. The summed E-state index contributed by atoms with van der Waals surface area (Å²) in [4.78, 5) is 29.9. The number of fused-ring (bicyclic) bond motifs is 3. The van der Waals surface area contributed by atoms with Crippen LogP contribution in [0.15, 0.2) is 23.8 Å². The molecule has 2 aliphatic heterocycles. The smallest absolute Gasteiger partial charge is 0.247 e. The van der Waals surface area contributed by atoms with E-state index in [1.165, 1.54) is 26.4 Å². The van der Waals surface area contributed by atoms with Gasteiger partial charge in [0.2, 0.25) is 11.8 Å². The standard InChI is InChI=1S/C33H44N2O8/c1-41-26-10-21(15-37)9-23-27-24(31(39)34-3-4-36)11-25(28(38)30(27)43-29(23)26)35(32(40)22-2-5-42-16-22)17-33-12-18-6-19(13-33)8-20(7-18)14-33/h9-11,18-20,22,25,27-28,30,36-38H,2-8,12-17H2,1H3,(H,34,39)/t18?,19?,20?,22?,25-,27+,28+,30+,33?/m1/s1. The molecule has 10 heteroatoms. The first-order valence-corrected chi connectivity index (χ1v) is 16.0. The Balaban J connectivity index is 1.29. The van der Waals surface area contributed by atoms with Crippen molar-refractivity contribution in [3.05, 3.63) is 34.9 Å². The van der Waals surface area contributed by atoms with Crippen LogP contribution in [-0.2, 0) is 20.9 Å². The van der Waals surface area contributed by atoms with Crippen LogP contribution in [0.3, 0.4) is 0 Å². The van der Waals surface area contributed by atoms with Gasteiger partial charge in [0.05, 0.1) is 44.8 Å². The second-order valence-electron chi connectivity index (χ2n) is 14.0. The van der Waals surface area contributed by atoms with Crippen molar-refractivity contribution in [2.75, 3.05) is 40.0 Å². The van der Waals surface area contributed by atoms with Crippen molar-refractivity contribution in [3.8, 4) is 11.5 Å². The second-order valence-corrected chi connectivity index (χ2v) is 14.0. The molecule has 1 aromatic carbocycles. The normalized spacial score (nSPS) is 36.9. The Morgan fingerprint density at radius 3 is 2.44 bits per heavy atom. The molecule has 7 aliphatic rings.